The van der Waals surface area contributed by atoms with Gasteiger partial charge < -0.3 is 4.90 Å². The molecular weight excluding hydrogens is 451 g/mol. The Morgan fingerprint density at radius 1 is 1.07 bits per heavy atom. The van der Waals surface area contributed by atoms with Crippen LogP contribution >= 0.6 is 34.5 Å². The van der Waals surface area contributed by atoms with Crippen molar-refractivity contribution in [1.82, 2.24) is 4.90 Å². The van der Waals surface area contributed by atoms with Gasteiger partial charge in [0.2, 0.25) is 5.91 Å². The Morgan fingerprint density at radius 2 is 1.79 bits per heavy atom. The van der Waals surface area contributed by atoms with Gasteiger partial charge in [0.05, 0.1) is 27.9 Å². The Hall–Kier alpha value is -2.06. The lowest BCUT2D eigenvalue weighted by atomic mass is 10.1. The molecule has 0 radical (unpaired) electrons. The molecule has 152 valence electrons. The molecule has 5 nitrogen and oxygen atoms in total. The second kappa shape index (κ2) is 9.17. The zero-order valence-electron chi connectivity index (χ0n) is 15.4. The number of nitrogens with one attached hydrogen (secondary N) is 1. The van der Waals surface area contributed by atoms with Crippen molar-refractivity contribution in [2.24, 2.45) is 0 Å². The third kappa shape index (κ3) is 5.73. The fourth-order valence-corrected chi connectivity index (χ4v) is 4.79. The van der Waals surface area contributed by atoms with Crippen molar-refractivity contribution in [3.63, 3.8) is 0 Å². The number of benzene rings is 2. The van der Waals surface area contributed by atoms with E-state index in [0.717, 1.165) is 10.4 Å². The number of rotatable bonds is 7. The number of hydrogen-bond acceptors (Lipinski definition) is 4. The summed E-state index contributed by atoms with van der Waals surface area (Å²) in [6, 6.07) is 14.7. The van der Waals surface area contributed by atoms with E-state index < -0.39 is 10.0 Å². The number of amides is 1. The van der Waals surface area contributed by atoms with Crippen LogP contribution in [0.25, 0.3) is 0 Å². The Labute approximate surface area is 183 Å². The zero-order chi connectivity index (χ0) is 21.0. The maximum absolute atomic E-state index is 12.5. The first-order valence-electron chi connectivity index (χ1n) is 8.58. The highest BCUT2D eigenvalue weighted by Crippen LogP contribution is 2.26. The molecule has 0 aliphatic heterocycles. The molecule has 3 rings (SSSR count). The normalized spacial score (nSPS) is 11.3. The number of halogens is 2. The molecule has 0 fully saturated rings. The molecule has 2 aromatic carbocycles. The molecule has 0 saturated carbocycles. The molecule has 0 unspecified atom stereocenters. The van der Waals surface area contributed by atoms with Crippen LogP contribution in [0.15, 0.2) is 64.9 Å². The number of sulfonamides is 1. The van der Waals surface area contributed by atoms with Crippen LogP contribution < -0.4 is 4.72 Å². The monoisotopic (exact) mass is 468 g/mol. The summed E-state index contributed by atoms with van der Waals surface area (Å²) in [6.45, 7) is 0.567. The molecule has 9 heteroatoms. The number of carbonyl (C=O) groups excluding carboxylic acids is 1. The summed E-state index contributed by atoms with van der Waals surface area (Å²) in [5.74, 6) is -0.0115. The van der Waals surface area contributed by atoms with E-state index in [9.17, 15) is 13.2 Å². The Balaban J connectivity index is 1.63. The summed E-state index contributed by atoms with van der Waals surface area (Å²) in [5, 5.41) is 2.42. The fraction of sp³-hybridized carbons (Fsp3) is 0.150. The van der Waals surface area contributed by atoms with Crippen molar-refractivity contribution in [1.29, 1.82) is 0 Å². The molecule has 0 atom stereocenters. The van der Waals surface area contributed by atoms with E-state index >= 15 is 0 Å². The lowest BCUT2D eigenvalue weighted by molar-refractivity contribution is -0.129. The highest BCUT2D eigenvalue weighted by molar-refractivity contribution is 7.92. The maximum atomic E-state index is 12.5. The van der Waals surface area contributed by atoms with Crippen LogP contribution in [-0.2, 0) is 27.8 Å². The molecule has 0 bridgehead atoms. The topological polar surface area (TPSA) is 66.5 Å². The van der Waals surface area contributed by atoms with E-state index in [1.54, 1.807) is 47.5 Å². The summed E-state index contributed by atoms with van der Waals surface area (Å²) in [5.41, 5.74) is 1.18. The van der Waals surface area contributed by atoms with E-state index in [4.69, 9.17) is 23.2 Å². The highest BCUT2D eigenvalue weighted by Gasteiger charge is 2.16. The minimum atomic E-state index is -3.80. The van der Waals surface area contributed by atoms with Crippen LogP contribution in [0.5, 0.6) is 0 Å². The maximum Gasteiger partial charge on any atom is 0.261 e. The minimum absolute atomic E-state index is 0.0115. The SMILES string of the molecule is CN(Cc1cccs1)C(=O)Cc1ccc(NS(=O)(=O)c2ccc(Cl)c(Cl)c2)cc1. The third-order valence-corrected chi connectivity index (χ3v) is 7.14. The molecule has 3 aromatic rings. The zero-order valence-corrected chi connectivity index (χ0v) is 18.6. The van der Waals surface area contributed by atoms with Crippen molar-refractivity contribution in [3.05, 3.63) is 80.5 Å². The van der Waals surface area contributed by atoms with E-state index in [-0.39, 0.29) is 27.3 Å². The van der Waals surface area contributed by atoms with Crippen molar-refractivity contribution in [2.75, 3.05) is 11.8 Å². The number of likely N-dealkylation sites (N-methyl/N-ethyl adjacent to an activating group) is 1. The van der Waals surface area contributed by atoms with Crippen LogP contribution in [0.2, 0.25) is 10.0 Å². The Bertz CT molecular complexity index is 1100. The molecular formula is C20H18Cl2N2O3S2. The number of hydrogen-bond donors (Lipinski definition) is 1. The van der Waals surface area contributed by atoms with Gasteiger partial charge in [-0.2, -0.15) is 0 Å². The number of anilines is 1. The first-order valence-corrected chi connectivity index (χ1v) is 11.7. The summed E-state index contributed by atoms with van der Waals surface area (Å²) < 4.78 is 27.5. The van der Waals surface area contributed by atoms with Crippen molar-refractivity contribution >= 4 is 56.2 Å². The predicted molar refractivity (Wildman–Crippen MR) is 118 cm³/mol. The summed E-state index contributed by atoms with van der Waals surface area (Å²) >= 11 is 13.3. The smallest absolute Gasteiger partial charge is 0.261 e. The summed E-state index contributed by atoms with van der Waals surface area (Å²) in [7, 11) is -2.03. The molecule has 0 aliphatic rings. The number of thiophene rings is 1. The van der Waals surface area contributed by atoms with Gasteiger partial charge in [-0.15, -0.1) is 11.3 Å². The van der Waals surface area contributed by atoms with E-state index in [1.807, 2.05) is 17.5 Å². The van der Waals surface area contributed by atoms with Gasteiger partial charge in [0.15, 0.2) is 0 Å². The molecule has 1 amide bonds. The van der Waals surface area contributed by atoms with E-state index in [0.29, 0.717) is 12.2 Å². The van der Waals surface area contributed by atoms with Gasteiger partial charge in [0.1, 0.15) is 0 Å². The molecule has 1 aromatic heterocycles. The third-order valence-electron chi connectivity index (χ3n) is 4.16. The first kappa shape index (κ1) is 21.6. The highest BCUT2D eigenvalue weighted by atomic mass is 35.5. The summed E-state index contributed by atoms with van der Waals surface area (Å²) in [4.78, 5) is 15.2. The van der Waals surface area contributed by atoms with Crippen LogP contribution in [0.3, 0.4) is 0 Å². The Morgan fingerprint density at radius 3 is 2.41 bits per heavy atom. The molecule has 0 aliphatic carbocycles. The standard InChI is InChI=1S/C20H18Cl2N2O3S2/c1-24(13-16-3-2-10-28-16)20(25)11-14-4-6-15(7-5-14)23-29(26,27)17-8-9-18(21)19(22)12-17/h2-10,12,23H,11,13H2,1H3. The fourth-order valence-electron chi connectivity index (χ4n) is 2.58. The average molecular weight is 469 g/mol. The molecule has 0 saturated heterocycles. The quantitative estimate of drug-likeness (QED) is 0.526. The van der Waals surface area contributed by atoms with Gasteiger partial charge in [-0.1, -0.05) is 41.4 Å². The van der Waals surface area contributed by atoms with E-state index in [2.05, 4.69) is 4.72 Å². The molecule has 1 N–H and O–H groups in total. The lowest BCUT2D eigenvalue weighted by Gasteiger charge is -2.16. The van der Waals surface area contributed by atoms with Gasteiger partial charge >= 0.3 is 0 Å². The first-order chi connectivity index (χ1) is 13.7. The van der Waals surface area contributed by atoms with Gasteiger partial charge in [0.25, 0.3) is 10.0 Å². The van der Waals surface area contributed by atoms with Crippen LogP contribution in [0.1, 0.15) is 10.4 Å². The van der Waals surface area contributed by atoms with Crippen molar-refractivity contribution in [2.45, 2.75) is 17.9 Å². The lowest BCUT2D eigenvalue weighted by Crippen LogP contribution is -2.27. The van der Waals surface area contributed by atoms with Crippen LogP contribution in [0.4, 0.5) is 5.69 Å². The molecule has 29 heavy (non-hydrogen) atoms. The number of carbonyl (C=O) groups is 1. The van der Waals surface area contributed by atoms with Gasteiger partial charge in [0, 0.05) is 17.6 Å². The van der Waals surface area contributed by atoms with Gasteiger partial charge in [-0.05, 0) is 47.3 Å². The van der Waals surface area contributed by atoms with Crippen molar-refractivity contribution in [3.8, 4) is 0 Å². The Kier molecular flexibility index (Phi) is 6.85. The van der Waals surface area contributed by atoms with Crippen LogP contribution in [0, 0.1) is 0 Å². The number of nitrogens with zero attached hydrogens (tertiary/aromatic N) is 1. The minimum Gasteiger partial charge on any atom is -0.340 e. The molecule has 1 heterocycles. The predicted octanol–water partition coefficient (Wildman–Crippen LogP) is 5.06. The average Bonchev–Trinajstić information content (AvgIpc) is 3.18. The molecule has 0 spiro atoms. The van der Waals surface area contributed by atoms with Crippen LogP contribution in [-0.4, -0.2) is 26.3 Å². The second-order valence-corrected chi connectivity index (χ2v) is 9.91. The van der Waals surface area contributed by atoms with Gasteiger partial charge in [-0.25, -0.2) is 8.42 Å². The van der Waals surface area contributed by atoms with E-state index in [1.165, 1.54) is 18.2 Å². The van der Waals surface area contributed by atoms with Crippen molar-refractivity contribution < 1.29 is 13.2 Å². The largest absolute Gasteiger partial charge is 0.340 e. The van der Waals surface area contributed by atoms with Gasteiger partial charge in [-0.3, -0.25) is 9.52 Å². The summed E-state index contributed by atoms with van der Waals surface area (Å²) in [6.07, 6.45) is 0.238. The second-order valence-electron chi connectivity index (χ2n) is 6.38.